The fourth-order valence-corrected chi connectivity index (χ4v) is 2.92. The van der Waals surface area contributed by atoms with Gasteiger partial charge in [-0.1, -0.05) is 30.3 Å². The zero-order valence-electron chi connectivity index (χ0n) is 18.8. The summed E-state index contributed by atoms with van der Waals surface area (Å²) in [6, 6.07) is 2.77. The van der Waals surface area contributed by atoms with Gasteiger partial charge in [-0.05, 0) is 12.0 Å². The number of carbonyl (C=O) groups is 6. The molecule has 0 radical (unpaired) electrons. The number of primary amides is 2. The Labute approximate surface area is 200 Å². The Morgan fingerprint density at radius 3 is 1.86 bits per heavy atom. The second kappa shape index (κ2) is 14.3. The highest BCUT2D eigenvalue weighted by atomic mass is 16.4. The maximum absolute atomic E-state index is 13.0. The Balaban J connectivity index is 3.14. The van der Waals surface area contributed by atoms with Crippen molar-refractivity contribution in [1.82, 2.24) is 16.0 Å². The van der Waals surface area contributed by atoms with Gasteiger partial charge in [0.05, 0.1) is 13.0 Å². The molecular formula is C21H30N6O8. The molecule has 0 spiro atoms. The number of nitrogens with one attached hydrogen (secondary N) is 3. The molecule has 0 aliphatic carbocycles. The zero-order valence-corrected chi connectivity index (χ0v) is 18.8. The molecule has 1 aromatic rings. The van der Waals surface area contributed by atoms with Crippen LogP contribution < -0.4 is 33.2 Å². The van der Waals surface area contributed by atoms with Crippen LogP contribution in [0.4, 0.5) is 0 Å². The van der Waals surface area contributed by atoms with Gasteiger partial charge in [-0.3, -0.25) is 24.0 Å². The first-order chi connectivity index (χ1) is 16.4. The van der Waals surface area contributed by atoms with E-state index < -0.39 is 72.7 Å². The van der Waals surface area contributed by atoms with Crippen LogP contribution in [-0.4, -0.2) is 76.5 Å². The average Bonchev–Trinajstić information content (AvgIpc) is 2.80. The van der Waals surface area contributed by atoms with Crippen LogP contribution in [0.1, 0.15) is 24.8 Å². The summed E-state index contributed by atoms with van der Waals surface area (Å²) in [6.45, 7) is -0.703. The van der Waals surface area contributed by atoms with Crippen LogP contribution in [0.2, 0.25) is 0 Å². The van der Waals surface area contributed by atoms with Crippen molar-refractivity contribution in [1.29, 1.82) is 0 Å². The first-order valence-corrected chi connectivity index (χ1v) is 10.6. The van der Waals surface area contributed by atoms with Crippen molar-refractivity contribution < 1.29 is 39.0 Å². The first-order valence-electron chi connectivity index (χ1n) is 10.6. The fourth-order valence-electron chi connectivity index (χ4n) is 2.92. The molecule has 0 heterocycles. The lowest BCUT2D eigenvalue weighted by molar-refractivity contribution is -0.143. The largest absolute Gasteiger partial charge is 0.480 e. The van der Waals surface area contributed by atoms with E-state index in [0.29, 0.717) is 5.56 Å². The lowest BCUT2D eigenvalue weighted by atomic mass is 10.0. The normalized spacial score (nSPS) is 14.0. The number of hydrogen-bond donors (Lipinski definition) is 8. The van der Waals surface area contributed by atoms with Crippen molar-refractivity contribution in [3.63, 3.8) is 0 Å². The molecule has 4 atom stereocenters. The standard InChI is InChI=1S/C21H30N6O8/c22-12(10-28)18(31)25-13(6-7-16(23)29)19(32)26-14(8-11-4-2-1-3-5-11)20(33)27-15(21(34)35)9-17(24)30/h1-5,12-15,28H,6-10,22H2,(H2,23,29)(H2,24,30)(H,25,31)(H,26,32)(H,27,33)(H,34,35). The smallest absolute Gasteiger partial charge is 0.326 e. The van der Waals surface area contributed by atoms with Crippen LogP contribution >= 0.6 is 0 Å². The Morgan fingerprint density at radius 1 is 0.800 bits per heavy atom. The molecule has 0 aliphatic rings. The molecule has 0 bridgehead atoms. The van der Waals surface area contributed by atoms with Gasteiger partial charge in [0.1, 0.15) is 24.2 Å². The zero-order chi connectivity index (χ0) is 26.5. The Kier molecular flexibility index (Phi) is 11.8. The summed E-state index contributed by atoms with van der Waals surface area (Å²) in [5.74, 6) is -5.92. The molecule has 0 saturated carbocycles. The number of benzene rings is 1. The van der Waals surface area contributed by atoms with Gasteiger partial charge < -0.3 is 43.4 Å². The number of carboxylic acid groups (broad SMARTS) is 1. The highest BCUT2D eigenvalue weighted by Crippen LogP contribution is 2.07. The monoisotopic (exact) mass is 494 g/mol. The highest BCUT2D eigenvalue weighted by Gasteiger charge is 2.31. The van der Waals surface area contributed by atoms with E-state index in [-0.39, 0.29) is 19.3 Å². The third-order valence-corrected chi connectivity index (χ3v) is 4.78. The fraction of sp³-hybridized carbons (Fsp3) is 0.429. The van der Waals surface area contributed by atoms with Crippen molar-refractivity contribution in [3.05, 3.63) is 35.9 Å². The van der Waals surface area contributed by atoms with Gasteiger partial charge >= 0.3 is 5.97 Å². The van der Waals surface area contributed by atoms with Gasteiger partial charge in [0.15, 0.2) is 0 Å². The van der Waals surface area contributed by atoms with E-state index in [1.165, 1.54) is 0 Å². The van der Waals surface area contributed by atoms with Crippen molar-refractivity contribution >= 4 is 35.5 Å². The van der Waals surface area contributed by atoms with Gasteiger partial charge in [-0.25, -0.2) is 4.79 Å². The summed E-state index contributed by atoms with van der Waals surface area (Å²) in [5, 5.41) is 25.2. The summed E-state index contributed by atoms with van der Waals surface area (Å²) in [6.07, 6.45) is -1.27. The van der Waals surface area contributed by atoms with Crippen LogP contribution in [0, 0.1) is 0 Å². The van der Waals surface area contributed by atoms with Crippen molar-refractivity contribution in [2.24, 2.45) is 17.2 Å². The number of rotatable bonds is 15. The van der Waals surface area contributed by atoms with Crippen molar-refractivity contribution in [2.45, 2.75) is 49.9 Å². The highest BCUT2D eigenvalue weighted by molar-refractivity contribution is 5.95. The predicted octanol–water partition coefficient (Wildman–Crippen LogP) is -3.77. The van der Waals surface area contributed by atoms with Crippen LogP contribution in [0.15, 0.2) is 30.3 Å². The number of carboxylic acids is 1. The number of aliphatic hydroxyl groups excluding tert-OH is 1. The molecule has 35 heavy (non-hydrogen) atoms. The summed E-state index contributed by atoms with van der Waals surface area (Å²) in [4.78, 5) is 71.7. The Hall–Kier alpha value is -4.04. The second-order valence-electron chi connectivity index (χ2n) is 7.68. The molecule has 5 amide bonds. The minimum Gasteiger partial charge on any atom is -0.480 e. The minimum atomic E-state index is -1.64. The van der Waals surface area contributed by atoms with Crippen molar-refractivity contribution in [2.75, 3.05) is 6.61 Å². The van der Waals surface area contributed by atoms with Gasteiger partial charge in [0.2, 0.25) is 29.5 Å². The number of aliphatic hydroxyl groups is 1. The minimum absolute atomic E-state index is 0.0754. The Morgan fingerprint density at radius 2 is 1.34 bits per heavy atom. The number of aliphatic carboxylic acids is 1. The maximum atomic E-state index is 13.0. The summed E-state index contributed by atoms with van der Waals surface area (Å²) < 4.78 is 0. The molecule has 1 rings (SSSR count). The topological polar surface area (TPSA) is 257 Å². The van der Waals surface area contributed by atoms with Gasteiger partial charge in [0, 0.05) is 12.8 Å². The third-order valence-electron chi connectivity index (χ3n) is 4.78. The molecule has 192 valence electrons. The number of nitrogens with two attached hydrogens (primary N) is 3. The van der Waals surface area contributed by atoms with Crippen LogP contribution in [0.25, 0.3) is 0 Å². The summed E-state index contributed by atoms with van der Waals surface area (Å²) in [5.41, 5.74) is 16.2. The molecule has 0 saturated heterocycles. The molecular weight excluding hydrogens is 464 g/mol. The summed E-state index contributed by atoms with van der Waals surface area (Å²) >= 11 is 0. The maximum Gasteiger partial charge on any atom is 0.326 e. The van der Waals surface area contributed by atoms with E-state index in [9.17, 15) is 33.9 Å². The van der Waals surface area contributed by atoms with Gasteiger partial charge in [-0.15, -0.1) is 0 Å². The Bertz CT molecular complexity index is 926. The predicted molar refractivity (Wildman–Crippen MR) is 121 cm³/mol. The van der Waals surface area contributed by atoms with Crippen LogP contribution in [0.3, 0.4) is 0 Å². The first kappa shape index (κ1) is 29.0. The molecule has 4 unspecified atom stereocenters. The second-order valence-corrected chi connectivity index (χ2v) is 7.68. The van der Waals surface area contributed by atoms with Crippen molar-refractivity contribution in [3.8, 4) is 0 Å². The number of carbonyl (C=O) groups excluding carboxylic acids is 5. The van der Waals surface area contributed by atoms with E-state index in [1.54, 1.807) is 30.3 Å². The lowest BCUT2D eigenvalue weighted by Crippen LogP contribution is -2.58. The molecule has 14 heteroatoms. The number of hydrogen-bond acceptors (Lipinski definition) is 8. The average molecular weight is 495 g/mol. The van der Waals surface area contributed by atoms with Crippen LogP contribution in [0.5, 0.6) is 0 Å². The van der Waals surface area contributed by atoms with E-state index in [0.717, 1.165) is 0 Å². The van der Waals surface area contributed by atoms with E-state index >= 15 is 0 Å². The van der Waals surface area contributed by atoms with Gasteiger partial charge in [0.25, 0.3) is 0 Å². The summed E-state index contributed by atoms with van der Waals surface area (Å²) in [7, 11) is 0. The SMILES string of the molecule is NC(=O)CCC(NC(=O)C(N)CO)C(=O)NC(Cc1ccccc1)C(=O)NC(CC(N)=O)C(=O)O. The molecule has 14 nitrogen and oxygen atoms in total. The number of amides is 5. The molecule has 0 aromatic heterocycles. The van der Waals surface area contributed by atoms with E-state index in [2.05, 4.69) is 16.0 Å². The molecule has 1 aromatic carbocycles. The van der Waals surface area contributed by atoms with Gasteiger partial charge in [-0.2, -0.15) is 0 Å². The quantitative estimate of drug-likeness (QED) is 0.119. The van der Waals surface area contributed by atoms with E-state index in [4.69, 9.17) is 22.3 Å². The third kappa shape index (κ3) is 10.6. The van der Waals surface area contributed by atoms with Crippen LogP contribution in [-0.2, 0) is 35.2 Å². The molecule has 0 fully saturated rings. The molecule has 0 aliphatic heterocycles. The van der Waals surface area contributed by atoms with E-state index in [1.807, 2.05) is 0 Å². The molecule has 11 N–H and O–H groups in total. The lowest BCUT2D eigenvalue weighted by Gasteiger charge is -2.25.